The van der Waals surface area contributed by atoms with Crippen LogP contribution in [-0.4, -0.2) is 52.3 Å². The maximum Gasteiger partial charge on any atom is 0.229 e. The van der Waals surface area contributed by atoms with Crippen molar-refractivity contribution in [3.05, 3.63) is 54.4 Å². The number of nitrogen functional groups attached to an aromatic ring is 1. The molecule has 29 heavy (non-hydrogen) atoms. The molecule has 0 aliphatic carbocycles. The van der Waals surface area contributed by atoms with Crippen molar-refractivity contribution in [2.45, 2.75) is 19.4 Å². The summed E-state index contributed by atoms with van der Waals surface area (Å²) in [6.07, 6.45) is 4.06. The highest BCUT2D eigenvalue weighted by molar-refractivity contribution is 5.60. The van der Waals surface area contributed by atoms with E-state index in [2.05, 4.69) is 32.0 Å². The summed E-state index contributed by atoms with van der Waals surface area (Å²) in [7, 11) is 0. The molecule has 0 saturated carbocycles. The first-order chi connectivity index (χ1) is 14.2. The fourth-order valence-corrected chi connectivity index (χ4v) is 3.19. The quantitative estimate of drug-likeness (QED) is 0.682. The minimum atomic E-state index is -0.0413. The number of hydrogen-bond donors (Lipinski definition) is 1. The van der Waals surface area contributed by atoms with E-state index in [4.69, 9.17) is 20.2 Å². The molecule has 150 valence electrons. The van der Waals surface area contributed by atoms with Gasteiger partial charge in [-0.2, -0.15) is 4.98 Å². The summed E-state index contributed by atoms with van der Waals surface area (Å²) < 4.78 is 11.6. The summed E-state index contributed by atoms with van der Waals surface area (Å²) in [5, 5.41) is 0. The van der Waals surface area contributed by atoms with Crippen LogP contribution in [0.5, 0.6) is 5.88 Å². The Morgan fingerprint density at radius 3 is 2.55 bits per heavy atom. The van der Waals surface area contributed by atoms with Crippen molar-refractivity contribution in [3.8, 4) is 17.1 Å². The van der Waals surface area contributed by atoms with E-state index in [1.165, 1.54) is 5.56 Å². The number of anilines is 2. The van der Waals surface area contributed by atoms with Crippen LogP contribution in [0.25, 0.3) is 11.3 Å². The van der Waals surface area contributed by atoms with Crippen molar-refractivity contribution < 1.29 is 9.47 Å². The standard InChI is InChI=1S/C21H24N6O2/c1-15(11-16-5-3-2-4-6-16)29-19-12-18(17-13-23-20(22)24-14-17)25-21(26-19)27-7-9-28-10-8-27/h2-6,12-15H,7-11H2,1H3,(H2,22,23,24). The van der Waals surface area contributed by atoms with E-state index in [1.54, 1.807) is 12.4 Å². The first-order valence-electron chi connectivity index (χ1n) is 9.67. The molecule has 0 spiro atoms. The predicted octanol–water partition coefficient (Wildman–Crippen LogP) is 2.36. The molecule has 2 aromatic heterocycles. The zero-order chi connectivity index (χ0) is 20.1. The molecular formula is C21H24N6O2. The van der Waals surface area contributed by atoms with Gasteiger partial charge in [-0.25, -0.2) is 15.0 Å². The average molecular weight is 392 g/mol. The summed E-state index contributed by atoms with van der Waals surface area (Å²) in [5.74, 6) is 1.37. The average Bonchev–Trinajstić information content (AvgIpc) is 2.75. The van der Waals surface area contributed by atoms with Crippen LogP contribution in [-0.2, 0) is 11.2 Å². The van der Waals surface area contributed by atoms with Crippen molar-refractivity contribution in [3.63, 3.8) is 0 Å². The van der Waals surface area contributed by atoms with Gasteiger partial charge in [0.1, 0.15) is 6.10 Å². The molecule has 1 fully saturated rings. The fourth-order valence-electron chi connectivity index (χ4n) is 3.19. The number of benzene rings is 1. The molecule has 4 rings (SSSR count). The van der Waals surface area contributed by atoms with Crippen LogP contribution in [0, 0.1) is 0 Å². The summed E-state index contributed by atoms with van der Waals surface area (Å²) in [5.41, 5.74) is 8.29. The highest BCUT2D eigenvalue weighted by Gasteiger charge is 2.18. The van der Waals surface area contributed by atoms with Crippen LogP contribution >= 0.6 is 0 Å². The van der Waals surface area contributed by atoms with Crippen molar-refractivity contribution in [2.75, 3.05) is 36.9 Å². The minimum Gasteiger partial charge on any atom is -0.474 e. The van der Waals surface area contributed by atoms with E-state index in [0.29, 0.717) is 30.7 Å². The van der Waals surface area contributed by atoms with Gasteiger partial charge in [-0.1, -0.05) is 30.3 Å². The second-order valence-electron chi connectivity index (χ2n) is 6.94. The Bertz CT molecular complexity index is 930. The molecule has 3 aromatic rings. The van der Waals surface area contributed by atoms with Crippen LogP contribution in [0.2, 0.25) is 0 Å². The summed E-state index contributed by atoms with van der Waals surface area (Å²) >= 11 is 0. The second-order valence-corrected chi connectivity index (χ2v) is 6.94. The number of nitrogens with two attached hydrogens (primary N) is 1. The van der Waals surface area contributed by atoms with Crippen LogP contribution < -0.4 is 15.4 Å². The van der Waals surface area contributed by atoms with E-state index in [0.717, 1.165) is 25.1 Å². The van der Waals surface area contributed by atoms with Gasteiger partial charge in [0.2, 0.25) is 17.8 Å². The van der Waals surface area contributed by atoms with E-state index in [9.17, 15) is 0 Å². The Morgan fingerprint density at radius 2 is 1.83 bits per heavy atom. The van der Waals surface area contributed by atoms with Crippen molar-refractivity contribution in [1.82, 2.24) is 19.9 Å². The van der Waals surface area contributed by atoms with Crippen molar-refractivity contribution in [1.29, 1.82) is 0 Å². The lowest BCUT2D eigenvalue weighted by Crippen LogP contribution is -2.37. The molecule has 0 amide bonds. The molecule has 1 unspecified atom stereocenters. The second kappa shape index (κ2) is 8.83. The molecule has 8 nitrogen and oxygen atoms in total. The van der Waals surface area contributed by atoms with Gasteiger partial charge < -0.3 is 20.1 Å². The van der Waals surface area contributed by atoms with E-state index < -0.39 is 0 Å². The summed E-state index contributed by atoms with van der Waals surface area (Å²) in [6.45, 7) is 4.81. The van der Waals surface area contributed by atoms with E-state index in [-0.39, 0.29) is 12.1 Å². The highest BCUT2D eigenvalue weighted by atomic mass is 16.5. The van der Waals surface area contributed by atoms with Gasteiger partial charge in [0, 0.05) is 43.5 Å². The third kappa shape index (κ3) is 4.97. The Kier molecular flexibility index (Phi) is 5.81. The zero-order valence-corrected chi connectivity index (χ0v) is 16.4. The molecule has 1 aliphatic rings. The van der Waals surface area contributed by atoms with Gasteiger partial charge in [0.25, 0.3) is 0 Å². The number of rotatable bonds is 6. The Hall–Kier alpha value is -3.26. The molecule has 8 heteroatoms. The van der Waals surface area contributed by atoms with Gasteiger partial charge >= 0.3 is 0 Å². The lowest BCUT2D eigenvalue weighted by atomic mass is 10.1. The van der Waals surface area contributed by atoms with Gasteiger partial charge in [0.15, 0.2) is 0 Å². The summed E-state index contributed by atoms with van der Waals surface area (Å²) in [4.78, 5) is 19.6. The van der Waals surface area contributed by atoms with Gasteiger partial charge in [-0.3, -0.25) is 0 Å². The SMILES string of the molecule is CC(Cc1ccccc1)Oc1cc(-c2cnc(N)nc2)nc(N2CCOCC2)n1. The van der Waals surface area contributed by atoms with Crippen LogP contribution in [0.15, 0.2) is 48.8 Å². The van der Waals surface area contributed by atoms with Crippen LogP contribution in [0.4, 0.5) is 11.9 Å². The fraction of sp³-hybridized carbons (Fsp3) is 0.333. The molecule has 3 heterocycles. The van der Waals surface area contributed by atoms with Crippen molar-refractivity contribution in [2.24, 2.45) is 0 Å². The molecule has 1 saturated heterocycles. The predicted molar refractivity (Wildman–Crippen MR) is 111 cm³/mol. The molecule has 1 aromatic carbocycles. The molecule has 0 bridgehead atoms. The van der Waals surface area contributed by atoms with Gasteiger partial charge in [0.05, 0.1) is 18.9 Å². The van der Waals surface area contributed by atoms with Crippen LogP contribution in [0.1, 0.15) is 12.5 Å². The minimum absolute atomic E-state index is 0.0413. The molecule has 1 aliphatic heterocycles. The topological polar surface area (TPSA) is 99.3 Å². The molecule has 1 atom stereocenters. The highest BCUT2D eigenvalue weighted by Crippen LogP contribution is 2.25. The third-order valence-electron chi connectivity index (χ3n) is 4.64. The maximum atomic E-state index is 6.16. The lowest BCUT2D eigenvalue weighted by Gasteiger charge is -2.27. The molecule has 0 radical (unpaired) electrons. The zero-order valence-electron chi connectivity index (χ0n) is 16.4. The molecule has 2 N–H and O–H groups in total. The van der Waals surface area contributed by atoms with E-state index in [1.807, 2.05) is 31.2 Å². The largest absolute Gasteiger partial charge is 0.474 e. The Morgan fingerprint density at radius 1 is 1.10 bits per heavy atom. The first kappa shape index (κ1) is 19.1. The van der Waals surface area contributed by atoms with Gasteiger partial charge in [-0.15, -0.1) is 0 Å². The van der Waals surface area contributed by atoms with Crippen LogP contribution in [0.3, 0.4) is 0 Å². The normalized spacial score (nSPS) is 15.1. The lowest BCUT2D eigenvalue weighted by molar-refractivity contribution is 0.122. The number of ether oxygens (including phenoxy) is 2. The Labute approximate surface area is 169 Å². The number of nitrogens with zero attached hydrogens (tertiary/aromatic N) is 5. The van der Waals surface area contributed by atoms with Gasteiger partial charge in [-0.05, 0) is 12.5 Å². The third-order valence-corrected chi connectivity index (χ3v) is 4.64. The number of aromatic nitrogens is 4. The van der Waals surface area contributed by atoms with E-state index >= 15 is 0 Å². The Balaban J connectivity index is 1.60. The molecular weight excluding hydrogens is 368 g/mol. The smallest absolute Gasteiger partial charge is 0.229 e. The number of hydrogen-bond acceptors (Lipinski definition) is 8. The number of morpholine rings is 1. The maximum absolute atomic E-state index is 6.16. The summed E-state index contributed by atoms with van der Waals surface area (Å²) in [6, 6.07) is 12.1. The first-order valence-corrected chi connectivity index (χ1v) is 9.67. The van der Waals surface area contributed by atoms with Crippen molar-refractivity contribution >= 4 is 11.9 Å². The monoisotopic (exact) mass is 392 g/mol.